The van der Waals surface area contributed by atoms with Gasteiger partial charge in [0.15, 0.2) is 6.10 Å². The molecule has 0 aliphatic heterocycles. The summed E-state index contributed by atoms with van der Waals surface area (Å²) in [5.41, 5.74) is 0. The van der Waals surface area contributed by atoms with E-state index < -0.39 is 12.1 Å². The van der Waals surface area contributed by atoms with Crippen molar-refractivity contribution >= 4 is 17.9 Å². The average molecular weight is 625 g/mol. The van der Waals surface area contributed by atoms with E-state index in [1.807, 2.05) is 6.08 Å². The smallest absolute Gasteiger partial charge is 0.309 e. The van der Waals surface area contributed by atoms with E-state index in [1.165, 1.54) is 0 Å². The normalized spacial score (nSPS) is 13.0. The molecule has 6 heteroatoms. The summed E-state index contributed by atoms with van der Waals surface area (Å²) in [6, 6.07) is 0. The molecule has 0 saturated heterocycles. The van der Waals surface area contributed by atoms with Crippen molar-refractivity contribution in [3.63, 3.8) is 0 Å². The van der Waals surface area contributed by atoms with Gasteiger partial charge in [-0.3, -0.25) is 14.4 Å². The lowest BCUT2D eigenvalue weighted by Gasteiger charge is -2.18. The molecule has 1 unspecified atom stereocenters. The molecule has 0 aromatic heterocycles. The van der Waals surface area contributed by atoms with Gasteiger partial charge in [-0.25, -0.2) is 0 Å². The van der Waals surface area contributed by atoms with Crippen LogP contribution in [0.3, 0.4) is 0 Å². The molecule has 1 atom stereocenters. The van der Waals surface area contributed by atoms with Crippen molar-refractivity contribution in [1.82, 2.24) is 0 Å². The van der Waals surface area contributed by atoms with Crippen molar-refractivity contribution in [2.75, 3.05) is 13.2 Å². The molecule has 252 valence electrons. The van der Waals surface area contributed by atoms with E-state index in [1.54, 1.807) is 6.08 Å². The summed E-state index contributed by atoms with van der Waals surface area (Å²) in [5, 5.41) is 0. The predicted octanol–water partition coefficient (Wildman–Crippen LogP) is 10.2. The molecular formula is C39H60O6. The number of esters is 3. The topological polar surface area (TPSA) is 78.9 Å². The number of unbranched alkanes of at least 4 members (excludes halogenated alkanes) is 4. The summed E-state index contributed by atoms with van der Waals surface area (Å²) >= 11 is 0. The second-order valence-corrected chi connectivity index (χ2v) is 10.6. The molecule has 0 fully saturated rings. The zero-order chi connectivity index (χ0) is 33.1. The summed E-state index contributed by atoms with van der Waals surface area (Å²) in [4.78, 5) is 37.1. The molecule has 0 bridgehead atoms. The molecule has 0 rings (SSSR count). The van der Waals surface area contributed by atoms with Crippen LogP contribution in [-0.2, 0) is 28.6 Å². The molecular weight excluding hydrogens is 564 g/mol. The molecule has 45 heavy (non-hydrogen) atoms. The largest absolute Gasteiger partial charge is 0.462 e. The molecule has 0 amide bonds. The van der Waals surface area contributed by atoms with E-state index in [0.29, 0.717) is 19.3 Å². The Balaban J connectivity index is 4.61. The van der Waals surface area contributed by atoms with Gasteiger partial charge in [-0.1, -0.05) is 106 Å². The zero-order valence-electron chi connectivity index (χ0n) is 28.3. The lowest BCUT2D eigenvalue weighted by molar-refractivity contribution is -0.166. The van der Waals surface area contributed by atoms with Gasteiger partial charge >= 0.3 is 17.9 Å². The molecule has 0 radical (unpaired) electrons. The van der Waals surface area contributed by atoms with Crippen LogP contribution in [-0.4, -0.2) is 37.2 Å². The highest BCUT2D eigenvalue weighted by Crippen LogP contribution is 2.08. The highest BCUT2D eigenvalue weighted by atomic mass is 16.6. The van der Waals surface area contributed by atoms with Crippen molar-refractivity contribution < 1.29 is 28.6 Å². The van der Waals surface area contributed by atoms with Crippen LogP contribution >= 0.6 is 0 Å². The van der Waals surface area contributed by atoms with Gasteiger partial charge in [-0.2, -0.15) is 0 Å². The monoisotopic (exact) mass is 624 g/mol. The van der Waals surface area contributed by atoms with Crippen LogP contribution < -0.4 is 0 Å². The molecule has 0 N–H and O–H groups in total. The summed E-state index contributed by atoms with van der Waals surface area (Å²) in [5.74, 6) is -1.16. The minimum absolute atomic E-state index is 0.120. The zero-order valence-corrected chi connectivity index (χ0v) is 28.3. The van der Waals surface area contributed by atoms with Gasteiger partial charge in [0.25, 0.3) is 0 Å². The Morgan fingerprint density at radius 1 is 0.467 bits per heavy atom. The third kappa shape index (κ3) is 31.8. The van der Waals surface area contributed by atoms with Crippen LogP contribution in [0.4, 0.5) is 0 Å². The Morgan fingerprint density at radius 2 is 0.867 bits per heavy atom. The van der Waals surface area contributed by atoms with Gasteiger partial charge < -0.3 is 14.2 Å². The Kier molecular flexibility index (Phi) is 30.9. The summed E-state index contributed by atoms with van der Waals surface area (Å²) < 4.78 is 16.3. The summed E-state index contributed by atoms with van der Waals surface area (Å²) in [7, 11) is 0. The third-order valence-electron chi connectivity index (χ3n) is 6.41. The molecule has 0 aromatic rings. The highest BCUT2D eigenvalue weighted by Gasteiger charge is 2.19. The van der Waals surface area contributed by atoms with Crippen molar-refractivity contribution in [2.45, 2.75) is 130 Å². The van der Waals surface area contributed by atoms with Gasteiger partial charge in [-0.05, 0) is 83.5 Å². The van der Waals surface area contributed by atoms with Crippen molar-refractivity contribution in [2.24, 2.45) is 0 Å². The highest BCUT2D eigenvalue weighted by molar-refractivity contribution is 5.72. The third-order valence-corrected chi connectivity index (χ3v) is 6.41. The number of allylic oxidation sites excluding steroid dienone is 13. The lowest BCUT2D eigenvalue weighted by Crippen LogP contribution is -2.30. The van der Waals surface area contributed by atoms with Crippen LogP contribution in [0.5, 0.6) is 0 Å². The maximum Gasteiger partial charge on any atom is 0.309 e. The molecule has 0 saturated carbocycles. The summed E-state index contributed by atoms with van der Waals surface area (Å²) in [6.07, 6.45) is 40.6. The maximum atomic E-state index is 12.5. The van der Waals surface area contributed by atoms with Crippen LogP contribution in [0.2, 0.25) is 0 Å². The predicted molar refractivity (Wildman–Crippen MR) is 187 cm³/mol. The molecule has 0 aliphatic rings. The number of hydrogen-bond donors (Lipinski definition) is 0. The number of hydrogen-bond acceptors (Lipinski definition) is 6. The van der Waals surface area contributed by atoms with E-state index in [0.717, 1.165) is 70.6 Å². The van der Waals surface area contributed by atoms with Gasteiger partial charge in [0, 0.05) is 12.8 Å². The van der Waals surface area contributed by atoms with E-state index in [-0.39, 0.29) is 38.0 Å². The Morgan fingerprint density at radius 3 is 1.36 bits per heavy atom. The maximum absolute atomic E-state index is 12.5. The first-order valence-corrected chi connectivity index (χ1v) is 17.1. The Hall–Kier alpha value is -3.41. The first-order valence-electron chi connectivity index (χ1n) is 17.1. The van der Waals surface area contributed by atoms with Gasteiger partial charge in [-0.15, -0.1) is 0 Å². The standard InChI is InChI=1S/C39H60O6/c1-4-7-10-13-16-19-22-25-28-31-37(40)43-34-36(45-39(42)33-30-27-24-21-18-15-12-9-6-3)35-44-38(41)32-29-26-23-20-17-14-11-8-5-2/h7-12,16-21,25,28,36H,4-6,13-15,22-24,26-27,29-35H2,1-3H3/b10-7-,11-8-,12-9-,19-16-,20-17-,21-18-,28-25-. The van der Waals surface area contributed by atoms with E-state index >= 15 is 0 Å². The molecule has 0 heterocycles. The lowest BCUT2D eigenvalue weighted by atomic mass is 10.2. The van der Waals surface area contributed by atoms with E-state index in [4.69, 9.17) is 14.2 Å². The van der Waals surface area contributed by atoms with Crippen molar-refractivity contribution in [3.8, 4) is 0 Å². The van der Waals surface area contributed by atoms with Crippen molar-refractivity contribution in [1.29, 1.82) is 0 Å². The van der Waals surface area contributed by atoms with Gasteiger partial charge in [0.05, 0.1) is 6.42 Å². The molecule has 6 nitrogen and oxygen atoms in total. The van der Waals surface area contributed by atoms with Gasteiger partial charge in [0.2, 0.25) is 0 Å². The van der Waals surface area contributed by atoms with E-state index in [9.17, 15) is 14.4 Å². The van der Waals surface area contributed by atoms with E-state index in [2.05, 4.69) is 93.7 Å². The Bertz CT molecular complexity index is 951. The fourth-order valence-electron chi connectivity index (χ4n) is 3.93. The van der Waals surface area contributed by atoms with Crippen LogP contribution in [0.15, 0.2) is 85.1 Å². The van der Waals surface area contributed by atoms with Crippen LogP contribution in [0.1, 0.15) is 124 Å². The first-order chi connectivity index (χ1) is 22.0. The van der Waals surface area contributed by atoms with Crippen molar-refractivity contribution in [3.05, 3.63) is 85.1 Å². The van der Waals surface area contributed by atoms with Crippen LogP contribution in [0, 0.1) is 0 Å². The SMILES string of the molecule is CC/C=C\C/C=C\C/C=C\CC(=O)OCC(COC(=O)CCCC/C=C\C/C=C\CC)OC(=O)CCCC/C=C\C/C=C\CC. The average Bonchev–Trinajstić information content (AvgIpc) is 3.03. The number of carbonyl (C=O) groups is 3. The first kappa shape index (κ1) is 41.6. The second-order valence-electron chi connectivity index (χ2n) is 10.6. The number of rotatable bonds is 28. The number of carbonyl (C=O) groups excluding carboxylic acids is 3. The summed E-state index contributed by atoms with van der Waals surface area (Å²) in [6.45, 7) is 6.04. The minimum Gasteiger partial charge on any atom is -0.462 e. The van der Waals surface area contributed by atoms with Crippen LogP contribution in [0.25, 0.3) is 0 Å². The molecule has 0 spiro atoms. The molecule has 0 aliphatic carbocycles. The Labute approximate surface area is 274 Å². The fourth-order valence-corrected chi connectivity index (χ4v) is 3.93. The quantitative estimate of drug-likeness (QED) is 0.0373. The number of ether oxygens (including phenoxy) is 3. The van der Waals surface area contributed by atoms with Gasteiger partial charge in [0.1, 0.15) is 13.2 Å². The fraction of sp³-hybridized carbons (Fsp3) is 0.564. The second kappa shape index (κ2) is 33.5. The molecule has 0 aromatic carbocycles. The minimum atomic E-state index is -0.835.